The molecular weight excluding hydrogens is 350 g/mol. The van der Waals surface area contributed by atoms with Gasteiger partial charge in [0.05, 0.1) is 18.1 Å². The van der Waals surface area contributed by atoms with Gasteiger partial charge in [-0.25, -0.2) is 4.98 Å². The molecule has 0 aliphatic carbocycles. The van der Waals surface area contributed by atoms with Crippen molar-refractivity contribution in [2.75, 3.05) is 27.7 Å². The molecule has 3 aromatic rings. The van der Waals surface area contributed by atoms with Crippen molar-refractivity contribution in [1.82, 2.24) is 19.8 Å². The number of aliphatic imine (C=N–C) groups is 1. The number of rotatable bonds is 7. The van der Waals surface area contributed by atoms with Gasteiger partial charge in [0, 0.05) is 39.3 Å². The summed E-state index contributed by atoms with van der Waals surface area (Å²) in [6.07, 6.45) is 0.989. The van der Waals surface area contributed by atoms with Crippen LogP contribution in [-0.2, 0) is 13.1 Å². The molecule has 0 radical (unpaired) electrons. The zero-order valence-corrected chi connectivity index (χ0v) is 17.1. The molecular formula is C22H29N5O. The van der Waals surface area contributed by atoms with Gasteiger partial charge in [0.1, 0.15) is 11.6 Å². The predicted molar refractivity (Wildman–Crippen MR) is 115 cm³/mol. The molecule has 1 heterocycles. The van der Waals surface area contributed by atoms with Crippen molar-refractivity contribution in [3.05, 3.63) is 59.9 Å². The number of nitrogens with one attached hydrogen (secondary N) is 1. The Morgan fingerprint density at radius 3 is 2.71 bits per heavy atom. The summed E-state index contributed by atoms with van der Waals surface area (Å²) < 4.78 is 7.73. The SMILES string of the molecule is CN=C(NCCCn1c(C)nc2ccccc21)N(C)Cc1ccccc1OC. The van der Waals surface area contributed by atoms with E-state index in [1.165, 1.54) is 5.52 Å². The first-order valence-electron chi connectivity index (χ1n) is 9.59. The fourth-order valence-corrected chi connectivity index (χ4v) is 3.46. The van der Waals surface area contributed by atoms with Crippen LogP contribution in [0.3, 0.4) is 0 Å². The van der Waals surface area contributed by atoms with E-state index in [0.29, 0.717) is 0 Å². The molecule has 0 unspecified atom stereocenters. The third-order valence-corrected chi connectivity index (χ3v) is 4.86. The second kappa shape index (κ2) is 9.26. The molecule has 0 atom stereocenters. The van der Waals surface area contributed by atoms with Crippen molar-refractivity contribution in [2.24, 2.45) is 4.99 Å². The zero-order chi connectivity index (χ0) is 19.9. The lowest BCUT2D eigenvalue weighted by molar-refractivity contribution is 0.396. The molecule has 2 aromatic carbocycles. The normalized spacial score (nSPS) is 11.6. The lowest BCUT2D eigenvalue weighted by atomic mass is 10.2. The van der Waals surface area contributed by atoms with Crippen LogP contribution in [0.15, 0.2) is 53.5 Å². The topological polar surface area (TPSA) is 54.7 Å². The third kappa shape index (κ3) is 4.44. The van der Waals surface area contributed by atoms with Gasteiger partial charge in [-0.15, -0.1) is 0 Å². The van der Waals surface area contributed by atoms with Crippen molar-refractivity contribution in [3.8, 4) is 5.75 Å². The highest BCUT2D eigenvalue weighted by Gasteiger charge is 2.10. The number of para-hydroxylation sites is 3. The third-order valence-electron chi connectivity index (χ3n) is 4.86. The van der Waals surface area contributed by atoms with Gasteiger partial charge < -0.3 is 19.5 Å². The minimum Gasteiger partial charge on any atom is -0.496 e. The summed E-state index contributed by atoms with van der Waals surface area (Å²) >= 11 is 0. The van der Waals surface area contributed by atoms with Crippen LogP contribution >= 0.6 is 0 Å². The molecule has 0 aliphatic rings. The number of ether oxygens (including phenoxy) is 1. The minimum atomic E-state index is 0.731. The number of imidazole rings is 1. The number of benzene rings is 2. The van der Waals surface area contributed by atoms with E-state index in [2.05, 4.69) is 55.9 Å². The summed E-state index contributed by atoms with van der Waals surface area (Å²) in [4.78, 5) is 11.2. The van der Waals surface area contributed by atoms with Crippen molar-refractivity contribution in [2.45, 2.75) is 26.4 Å². The Morgan fingerprint density at radius 2 is 1.93 bits per heavy atom. The van der Waals surface area contributed by atoms with Gasteiger partial charge >= 0.3 is 0 Å². The number of nitrogens with zero attached hydrogens (tertiary/aromatic N) is 4. The quantitative estimate of drug-likeness (QED) is 0.388. The second-order valence-electron chi connectivity index (χ2n) is 6.79. The fraction of sp³-hybridized carbons (Fsp3) is 0.364. The van der Waals surface area contributed by atoms with Gasteiger partial charge in [0.15, 0.2) is 5.96 Å². The molecule has 3 rings (SSSR count). The number of hydrogen-bond donors (Lipinski definition) is 1. The lowest BCUT2D eigenvalue weighted by Gasteiger charge is -2.23. The average Bonchev–Trinajstić information content (AvgIpc) is 3.03. The fourth-order valence-electron chi connectivity index (χ4n) is 3.46. The van der Waals surface area contributed by atoms with E-state index in [1.54, 1.807) is 7.11 Å². The largest absolute Gasteiger partial charge is 0.496 e. The minimum absolute atomic E-state index is 0.731. The maximum Gasteiger partial charge on any atom is 0.193 e. The first kappa shape index (κ1) is 19.7. The van der Waals surface area contributed by atoms with E-state index < -0.39 is 0 Å². The molecule has 6 nitrogen and oxygen atoms in total. The Balaban J connectivity index is 1.54. The first-order chi connectivity index (χ1) is 13.6. The van der Waals surface area contributed by atoms with Gasteiger partial charge in [0.2, 0.25) is 0 Å². The summed E-state index contributed by atoms with van der Waals surface area (Å²) in [5.74, 6) is 2.82. The number of fused-ring (bicyclic) bond motifs is 1. The monoisotopic (exact) mass is 379 g/mol. The van der Waals surface area contributed by atoms with Crippen LogP contribution in [0.25, 0.3) is 11.0 Å². The summed E-state index contributed by atoms with van der Waals surface area (Å²) in [5, 5.41) is 3.46. The molecule has 0 spiro atoms. The number of hydrogen-bond acceptors (Lipinski definition) is 3. The second-order valence-corrected chi connectivity index (χ2v) is 6.79. The summed E-state index contributed by atoms with van der Waals surface area (Å²) in [6, 6.07) is 16.4. The van der Waals surface area contributed by atoms with Crippen molar-refractivity contribution < 1.29 is 4.74 Å². The molecule has 6 heteroatoms. The van der Waals surface area contributed by atoms with E-state index in [-0.39, 0.29) is 0 Å². The first-order valence-corrected chi connectivity index (χ1v) is 9.59. The highest BCUT2D eigenvalue weighted by atomic mass is 16.5. The van der Waals surface area contributed by atoms with Crippen LogP contribution < -0.4 is 10.1 Å². The number of guanidine groups is 1. The van der Waals surface area contributed by atoms with E-state index in [1.807, 2.05) is 38.4 Å². The Morgan fingerprint density at radius 1 is 1.18 bits per heavy atom. The van der Waals surface area contributed by atoms with Crippen molar-refractivity contribution in [1.29, 1.82) is 0 Å². The molecule has 1 aromatic heterocycles. The molecule has 0 fully saturated rings. The molecule has 0 saturated carbocycles. The maximum atomic E-state index is 5.45. The molecule has 28 heavy (non-hydrogen) atoms. The Labute approximate surface area is 166 Å². The van der Waals surface area contributed by atoms with Crippen LogP contribution in [-0.4, -0.2) is 48.2 Å². The molecule has 1 N–H and O–H groups in total. The Bertz CT molecular complexity index is 947. The van der Waals surface area contributed by atoms with E-state index in [4.69, 9.17) is 4.74 Å². The lowest BCUT2D eigenvalue weighted by Crippen LogP contribution is -2.39. The summed E-state index contributed by atoms with van der Waals surface area (Å²) in [6.45, 7) is 4.56. The maximum absolute atomic E-state index is 5.45. The van der Waals surface area contributed by atoms with Crippen LogP contribution in [0.5, 0.6) is 5.75 Å². The Hall–Kier alpha value is -3.02. The summed E-state index contributed by atoms with van der Waals surface area (Å²) in [5.41, 5.74) is 3.38. The van der Waals surface area contributed by atoms with Crippen molar-refractivity contribution >= 4 is 17.0 Å². The van der Waals surface area contributed by atoms with E-state index in [0.717, 1.165) is 54.7 Å². The molecule has 0 saturated heterocycles. The van der Waals surface area contributed by atoms with Gasteiger partial charge in [-0.05, 0) is 31.5 Å². The van der Waals surface area contributed by atoms with Crippen LogP contribution in [0.2, 0.25) is 0 Å². The average molecular weight is 380 g/mol. The molecule has 0 amide bonds. The van der Waals surface area contributed by atoms with Gasteiger partial charge in [-0.1, -0.05) is 30.3 Å². The number of methoxy groups -OCH3 is 1. The van der Waals surface area contributed by atoms with Crippen LogP contribution in [0.1, 0.15) is 17.8 Å². The van der Waals surface area contributed by atoms with Gasteiger partial charge in [0.25, 0.3) is 0 Å². The standard InChI is InChI=1S/C22H29N5O/c1-17-25-19-11-6-7-12-20(19)27(17)15-9-14-24-22(23-2)26(3)16-18-10-5-8-13-21(18)28-4/h5-8,10-13H,9,14-16H2,1-4H3,(H,23,24). The highest BCUT2D eigenvalue weighted by Crippen LogP contribution is 2.19. The number of aryl methyl sites for hydroxylation is 2. The van der Waals surface area contributed by atoms with Crippen LogP contribution in [0.4, 0.5) is 0 Å². The van der Waals surface area contributed by atoms with Gasteiger partial charge in [-0.2, -0.15) is 0 Å². The van der Waals surface area contributed by atoms with Crippen LogP contribution in [0, 0.1) is 6.92 Å². The molecule has 0 bridgehead atoms. The highest BCUT2D eigenvalue weighted by molar-refractivity contribution is 5.79. The van der Waals surface area contributed by atoms with Gasteiger partial charge in [-0.3, -0.25) is 4.99 Å². The Kier molecular flexibility index (Phi) is 6.53. The zero-order valence-electron chi connectivity index (χ0n) is 17.1. The smallest absolute Gasteiger partial charge is 0.193 e. The van der Waals surface area contributed by atoms with Crippen molar-refractivity contribution in [3.63, 3.8) is 0 Å². The number of aromatic nitrogens is 2. The summed E-state index contributed by atoms with van der Waals surface area (Å²) in [7, 11) is 5.55. The molecule has 0 aliphatic heterocycles. The molecule has 148 valence electrons. The van der Waals surface area contributed by atoms with E-state index >= 15 is 0 Å². The predicted octanol–water partition coefficient (Wildman–Crippen LogP) is 3.45. The van der Waals surface area contributed by atoms with E-state index in [9.17, 15) is 0 Å².